The van der Waals surface area contributed by atoms with Crippen LogP contribution in [0.3, 0.4) is 0 Å². The molecule has 0 saturated carbocycles. The van der Waals surface area contributed by atoms with Crippen molar-refractivity contribution in [2.75, 3.05) is 7.11 Å². The Kier molecular flexibility index (Phi) is 2.01. The molecule has 0 atom stereocenters. The average Bonchev–Trinajstić information content (AvgIpc) is 2.42. The maximum absolute atomic E-state index is 11.0. The van der Waals surface area contributed by atoms with E-state index in [4.69, 9.17) is 16.3 Å². The third kappa shape index (κ3) is 1.43. The first-order valence-corrected chi connectivity index (χ1v) is 4.76. The molecule has 1 aromatic carbocycles. The van der Waals surface area contributed by atoms with Crippen molar-refractivity contribution in [2.45, 2.75) is 0 Å². The van der Waals surface area contributed by atoms with Crippen LogP contribution in [-0.4, -0.2) is 12.1 Å². The average molecular weight is 216 g/mol. The molecule has 0 bridgehead atoms. The van der Waals surface area contributed by atoms with Crippen molar-refractivity contribution in [3.05, 3.63) is 26.8 Å². The first-order chi connectivity index (χ1) is 6.20. The number of nitrogens with one attached hydrogen (secondary N) is 1. The highest BCUT2D eigenvalue weighted by Gasteiger charge is 2.05. The zero-order valence-electron chi connectivity index (χ0n) is 6.76. The van der Waals surface area contributed by atoms with E-state index in [0.29, 0.717) is 10.8 Å². The number of hydrogen-bond donors (Lipinski definition) is 1. The van der Waals surface area contributed by atoms with E-state index in [0.717, 1.165) is 21.6 Å². The second-order valence-corrected chi connectivity index (χ2v) is 3.92. The highest BCUT2D eigenvalue weighted by Crippen LogP contribution is 2.29. The molecule has 2 rings (SSSR count). The van der Waals surface area contributed by atoms with Crippen LogP contribution in [0.5, 0.6) is 5.75 Å². The Morgan fingerprint density at radius 2 is 2.31 bits per heavy atom. The first kappa shape index (κ1) is 8.59. The van der Waals surface area contributed by atoms with Crippen LogP contribution in [0.4, 0.5) is 0 Å². The summed E-state index contributed by atoms with van der Waals surface area (Å²) in [7, 11) is 1.54. The van der Waals surface area contributed by atoms with Crippen molar-refractivity contribution >= 4 is 33.2 Å². The molecule has 0 spiro atoms. The lowest BCUT2D eigenvalue weighted by Gasteiger charge is -2.01. The summed E-state index contributed by atoms with van der Waals surface area (Å²) in [6.07, 6.45) is 0. The Morgan fingerprint density at radius 3 is 3.00 bits per heavy atom. The van der Waals surface area contributed by atoms with Gasteiger partial charge in [0.2, 0.25) is 0 Å². The van der Waals surface area contributed by atoms with E-state index in [1.807, 2.05) is 0 Å². The highest BCUT2D eigenvalue weighted by atomic mass is 35.5. The number of halogens is 1. The van der Waals surface area contributed by atoms with Crippen molar-refractivity contribution < 1.29 is 4.74 Å². The Balaban J connectivity index is 2.80. The van der Waals surface area contributed by atoms with E-state index in [1.54, 1.807) is 19.2 Å². The standard InChI is InChI=1S/C8H6ClNO2S/c1-12-6-3-7-5(2-4(6)9)10-8(11)13-7/h2-3H,1H3,(H,10,11). The number of benzene rings is 1. The number of hydrogen-bond acceptors (Lipinski definition) is 3. The molecule has 0 unspecified atom stereocenters. The molecule has 2 aromatic rings. The van der Waals surface area contributed by atoms with Gasteiger partial charge in [0.1, 0.15) is 5.75 Å². The van der Waals surface area contributed by atoms with Gasteiger partial charge in [0.25, 0.3) is 0 Å². The van der Waals surface area contributed by atoms with Crippen molar-refractivity contribution in [1.29, 1.82) is 0 Å². The van der Waals surface area contributed by atoms with Gasteiger partial charge >= 0.3 is 4.87 Å². The fourth-order valence-electron chi connectivity index (χ4n) is 1.11. The number of fused-ring (bicyclic) bond motifs is 1. The minimum absolute atomic E-state index is 0.0840. The van der Waals surface area contributed by atoms with Crippen LogP contribution < -0.4 is 9.61 Å². The molecule has 1 aromatic heterocycles. The SMILES string of the molecule is COc1cc2sc(=O)[nH]c2cc1Cl. The predicted octanol–water partition coefficient (Wildman–Crippen LogP) is 2.25. The third-order valence-corrected chi connectivity index (χ3v) is 2.83. The number of aromatic amines is 1. The molecule has 0 aliphatic carbocycles. The number of rotatable bonds is 1. The molecule has 0 saturated heterocycles. The third-order valence-electron chi connectivity index (χ3n) is 1.69. The Bertz CT molecular complexity index is 502. The lowest BCUT2D eigenvalue weighted by Crippen LogP contribution is -1.89. The van der Waals surface area contributed by atoms with E-state index in [9.17, 15) is 4.79 Å². The molecule has 0 radical (unpaired) electrons. The Hall–Kier alpha value is -1.00. The fraction of sp³-hybridized carbons (Fsp3) is 0.125. The zero-order valence-corrected chi connectivity index (χ0v) is 8.33. The van der Waals surface area contributed by atoms with Gasteiger partial charge in [-0.15, -0.1) is 0 Å². The number of ether oxygens (including phenoxy) is 1. The molecule has 0 aliphatic heterocycles. The summed E-state index contributed by atoms with van der Waals surface area (Å²) in [6.45, 7) is 0. The molecule has 5 heteroatoms. The predicted molar refractivity (Wildman–Crippen MR) is 54.0 cm³/mol. The summed E-state index contributed by atoms with van der Waals surface area (Å²) >= 11 is 7.01. The van der Waals surface area contributed by atoms with Gasteiger partial charge in [0, 0.05) is 6.07 Å². The number of thiazole rings is 1. The van der Waals surface area contributed by atoms with Gasteiger partial charge in [0.05, 0.1) is 22.3 Å². The molecule has 1 heterocycles. The van der Waals surface area contributed by atoms with Crippen LogP contribution >= 0.6 is 22.9 Å². The largest absolute Gasteiger partial charge is 0.495 e. The number of aromatic nitrogens is 1. The molecule has 13 heavy (non-hydrogen) atoms. The summed E-state index contributed by atoms with van der Waals surface area (Å²) in [4.78, 5) is 13.6. The van der Waals surface area contributed by atoms with E-state index in [1.165, 1.54) is 0 Å². The summed E-state index contributed by atoms with van der Waals surface area (Å²) in [6, 6.07) is 3.44. The van der Waals surface area contributed by atoms with Crippen molar-refractivity contribution in [3.8, 4) is 5.75 Å². The molecular weight excluding hydrogens is 210 g/mol. The molecule has 68 valence electrons. The smallest absolute Gasteiger partial charge is 0.305 e. The fourth-order valence-corrected chi connectivity index (χ4v) is 2.10. The van der Waals surface area contributed by atoms with Gasteiger partial charge in [-0.25, -0.2) is 0 Å². The minimum atomic E-state index is -0.0840. The van der Waals surface area contributed by atoms with E-state index >= 15 is 0 Å². The van der Waals surface area contributed by atoms with Gasteiger partial charge in [-0.1, -0.05) is 22.9 Å². The molecular formula is C8H6ClNO2S. The van der Waals surface area contributed by atoms with E-state index in [2.05, 4.69) is 4.98 Å². The van der Waals surface area contributed by atoms with Gasteiger partial charge < -0.3 is 9.72 Å². The van der Waals surface area contributed by atoms with Crippen molar-refractivity contribution in [2.24, 2.45) is 0 Å². The molecule has 1 N–H and O–H groups in total. The topological polar surface area (TPSA) is 42.1 Å². The van der Waals surface area contributed by atoms with Crippen LogP contribution in [0, 0.1) is 0 Å². The van der Waals surface area contributed by atoms with Crippen LogP contribution in [0.15, 0.2) is 16.9 Å². The Labute approximate surface area is 82.9 Å². The zero-order chi connectivity index (χ0) is 9.42. The second kappa shape index (κ2) is 3.05. The molecule has 3 nitrogen and oxygen atoms in total. The summed E-state index contributed by atoms with van der Waals surface area (Å²) < 4.78 is 5.87. The van der Waals surface area contributed by atoms with Crippen LogP contribution in [0.1, 0.15) is 0 Å². The Morgan fingerprint density at radius 1 is 1.54 bits per heavy atom. The lowest BCUT2D eigenvalue weighted by molar-refractivity contribution is 0.415. The molecule has 0 amide bonds. The van der Waals surface area contributed by atoms with Gasteiger partial charge in [-0.2, -0.15) is 0 Å². The van der Waals surface area contributed by atoms with Gasteiger partial charge in [-0.05, 0) is 6.07 Å². The van der Waals surface area contributed by atoms with Gasteiger partial charge in [0.15, 0.2) is 0 Å². The van der Waals surface area contributed by atoms with Crippen molar-refractivity contribution in [1.82, 2.24) is 4.98 Å². The quantitative estimate of drug-likeness (QED) is 0.793. The summed E-state index contributed by atoms with van der Waals surface area (Å²) in [5, 5.41) is 0.504. The highest BCUT2D eigenvalue weighted by molar-refractivity contribution is 7.16. The summed E-state index contributed by atoms with van der Waals surface area (Å²) in [5.74, 6) is 0.587. The second-order valence-electron chi connectivity index (χ2n) is 2.50. The van der Waals surface area contributed by atoms with Gasteiger partial charge in [-0.3, -0.25) is 4.79 Å². The first-order valence-electron chi connectivity index (χ1n) is 3.57. The van der Waals surface area contributed by atoms with Crippen molar-refractivity contribution in [3.63, 3.8) is 0 Å². The monoisotopic (exact) mass is 215 g/mol. The summed E-state index contributed by atoms with van der Waals surface area (Å²) in [5.41, 5.74) is 0.751. The maximum atomic E-state index is 11.0. The normalized spacial score (nSPS) is 10.6. The lowest BCUT2D eigenvalue weighted by atomic mass is 10.3. The van der Waals surface area contributed by atoms with Crippen LogP contribution in [-0.2, 0) is 0 Å². The number of methoxy groups -OCH3 is 1. The van der Waals surface area contributed by atoms with E-state index < -0.39 is 0 Å². The van der Waals surface area contributed by atoms with Crippen LogP contribution in [0.25, 0.3) is 10.2 Å². The molecule has 0 aliphatic rings. The van der Waals surface area contributed by atoms with Crippen LogP contribution in [0.2, 0.25) is 5.02 Å². The maximum Gasteiger partial charge on any atom is 0.305 e. The number of H-pyrrole nitrogens is 1. The van der Waals surface area contributed by atoms with E-state index in [-0.39, 0.29) is 4.87 Å². The minimum Gasteiger partial charge on any atom is -0.495 e. The molecule has 0 fully saturated rings.